The molecule has 4 rings (SSSR count). The van der Waals surface area contributed by atoms with Gasteiger partial charge < -0.3 is 0 Å². The summed E-state index contributed by atoms with van der Waals surface area (Å²) in [5, 5.41) is 1.60. The molecule has 0 amide bonds. The first-order valence-electron chi connectivity index (χ1n) is 13.1. The van der Waals surface area contributed by atoms with E-state index >= 15 is 4.39 Å². The van der Waals surface area contributed by atoms with Crippen molar-refractivity contribution in [2.45, 2.75) is 65.2 Å². The molecule has 0 aromatic heterocycles. The molecule has 0 spiro atoms. The minimum atomic E-state index is -0.229. The Morgan fingerprint density at radius 3 is 1.97 bits per heavy atom. The van der Waals surface area contributed by atoms with E-state index in [1.165, 1.54) is 60.8 Å². The van der Waals surface area contributed by atoms with E-state index in [1.807, 2.05) is 24.3 Å². The number of benzene rings is 4. The monoisotopic (exact) mass is 462 g/mol. The number of hydrogen-bond acceptors (Lipinski definition) is 0. The number of halogens is 1. The van der Waals surface area contributed by atoms with Crippen LogP contribution >= 0.6 is 0 Å². The average Bonchev–Trinajstić information content (AvgIpc) is 2.90. The van der Waals surface area contributed by atoms with Gasteiger partial charge in [-0.1, -0.05) is 112 Å². The third-order valence-corrected chi connectivity index (χ3v) is 6.67. The fraction of sp³-hybridized carbons (Fsp3) is 0.294. The van der Waals surface area contributed by atoms with Gasteiger partial charge in [0.1, 0.15) is 5.82 Å². The zero-order chi connectivity index (χ0) is 24.5. The van der Waals surface area contributed by atoms with Crippen molar-refractivity contribution in [1.29, 1.82) is 0 Å². The van der Waals surface area contributed by atoms with Crippen LogP contribution in [0.15, 0.2) is 78.9 Å². The Labute approximate surface area is 210 Å². The SMILES string of the molecule is CCCCCCc1ccc2c(F)c(C#Cc3ccc(-c4ccc(CCCC)cc4)cc3)ccc2c1. The summed E-state index contributed by atoms with van der Waals surface area (Å²) in [7, 11) is 0. The van der Waals surface area contributed by atoms with Gasteiger partial charge in [0.2, 0.25) is 0 Å². The maximum Gasteiger partial charge on any atom is 0.146 e. The highest BCUT2D eigenvalue weighted by atomic mass is 19.1. The highest BCUT2D eigenvalue weighted by molar-refractivity contribution is 5.85. The van der Waals surface area contributed by atoms with Crippen LogP contribution in [-0.2, 0) is 12.8 Å². The first-order valence-corrected chi connectivity index (χ1v) is 13.1. The van der Waals surface area contributed by atoms with Gasteiger partial charge in [0.25, 0.3) is 0 Å². The van der Waals surface area contributed by atoms with Crippen molar-refractivity contribution < 1.29 is 4.39 Å². The van der Waals surface area contributed by atoms with Crippen molar-refractivity contribution in [1.82, 2.24) is 0 Å². The van der Waals surface area contributed by atoms with Gasteiger partial charge in [-0.3, -0.25) is 0 Å². The van der Waals surface area contributed by atoms with E-state index < -0.39 is 0 Å². The Hall–Kier alpha value is -3.37. The number of rotatable bonds is 9. The fourth-order valence-electron chi connectivity index (χ4n) is 4.48. The topological polar surface area (TPSA) is 0 Å². The Morgan fingerprint density at radius 2 is 1.26 bits per heavy atom. The minimum absolute atomic E-state index is 0.229. The van der Waals surface area contributed by atoms with Gasteiger partial charge in [-0.2, -0.15) is 0 Å². The summed E-state index contributed by atoms with van der Waals surface area (Å²) in [5.74, 6) is 5.95. The van der Waals surface area contributed by atoms with Gasteiger partial charge in [0.05, 0.1) is 5.56 Å². The van der Waals surface area contributed by atoms with Crippen molar-refractivity contribution in [3.05, 3.63) is 107 Å². The van der Waals surface area contributed by atoms with E-state index in [9.17, 15) is 0 Å². The largest absolute Gasteiger partial charge is 0.205 e. The molecular weight excluding hydrogens is 427 g/mol. The van der Waals surface area contributed by atoms with Crippen LogP contribution in [-0.4, -0.2) is 0 Å². The van der Waals surface area contributed by atoms with Crippen LogP contribution in [0.1, 0.15) is 74.6 Å². The van der Waals surface area contributed by atoms with Gasteiger partial charge >= 0.3 is 0 Å². The second kappa shape index (κ2) is 12.4. The molecule has 0 N–H and O–H groups in total. The number of aryl methyl sites for hydroxylation is 2. The second-order valence-corrected chi connectivity index (χ2v) is 9.42. The van der Waals surface area contributed by atoms with Gasteiger partial charge in [-0.05, 0) is 71.5 Å². The third kappa shape index (κ3) is 6.61. The van der Waals surface area contributed by atoms with E-state index in [0.29, 0.717) is 10.9 Å². The molecule has 0 unspecified atom stereocenters. The summed E-state index contributed by atoms with van der Waals surface area (Å²) in [6.07, 6.45) is 9.59. The Morgan fingerprint density at radius 1 is 0.600 bits per heavy atom. The normalized spacial score (nSPS) is 10.8. The van der Waals surface area contributed by atoms with E-state index in [0.717, 1.165) is 23.8 Å². The summed E-state index contributed by atoms with van der Waals surface area (Å²) in [6, 6.07) is 26.9. The van der Waals surface area contributed by atoms with Crippen molar-refractivity contribution in [2.24, 2.45) is 0 Å². The van der Waals surface area contributed by atoms with Crippen molar-refractivity contribution in [3.8, 4) is 23.0 Å². The van der Waals surface area contributed by atoms with Crippen LogP contribution in [0, 0.1) is 17.7 Å². The van der Waals surface area contributed by atoms with Gasteiger partial charge in [-0.15, -0.1) is 0 Å². The number of hydrogen-bond donors (Lipinski definition) is 0. The van der Waals surface area contributed by atoms with Gasteiger partial charge in [0.15, 0.2) is 0 Å². The lowest BCUT2D eigenvalue weighted by Crippen LogP contribution is -1.90. The van der Waals surface area contributed by atoms with Gasteiger partial charge in [0, 0.05) is 10.9 Å². The summed E-state index contributed by atoms with van der Waals surface area (Å²) < 4.78 is 15.1. The smallest absolute Gasteiger partial charge is 0.146 e. The highest BCUT2D eigenvalue weighted by Gasteiger charge is 2.07. The Kier molecular flexibility index (Phi) is 8.74. The summed E-state index contributed by atoms with van der Waals surface area (Å²) in [5.41, 5.74) is 6.37. The third-order valence-electron chi connectivity index (χ3n) is 6.67. The molecule has 178 valence electrons. The summed E-state index contributed by atoms with van der Waals surface area (Å²) >= 11 is 0. The first kappa shape index (κ1) is 24.7. The Balaban J connectivity index is 1.45. The maximum absolute atomic E-state index is 15.1. The van der Waals surface area contributed by atoms with Crippen LogP contribution in [0.5, 0.6) is 0 Å². The molecular formula is C34H35F. The maximum atomic E-state index is 15.1. The lowest BCUT2D eigenvalue weighted by molar-refractivity contribution is 0.636. The fourth-order valence-corrected chi connectivity index (χ4v) is 4.48. The Bertz CT molecular complexity index is 1300. The van der Waals surface area contributed by atoms with Crippen LogP contribution in [0.25, 0.3) is 21.9 Å². The summed E-state index contributed by atoms with van der Waals surface area (Å²) in [4.78, 5) is 0. The number of fused-ring (bicyclic) bond motifs is 1. The standard InChI is InChI=1S/C34H35F/c1-3-5-7-8-10-28-16-24-33-32(25-28)23-22-31(34(33)35)21-15-27-13-19-30(20-14-27)29-17-11-26(12-18-29)9-6-4-2/h11-14,16-20,22-25H,3-10H2,1-2H3. The highest BCUT2D eigenvalue weighted by Crippen LogP contribution is 2.24. The van der Waals surface area contributed by atoms with Crippen LogP contribution in [0.4, 0.5) is 4.39 Å². The lowest BCUT2D eigenvalue weighted by Gasteiger charge is -2.06. The van der Waals surface area contributed by atoms with E-state index in [4.69, 9.17) is 0 Å². The van der Waals surface area contributed by atoms with Crippen LogP contribution in [0.3, 0.4) is 0 Å². The molecule has 0 atom stereocenters. The predicted octanol–water partition coefficient (Wildman–Crippen LogP) is 9.51. The quantitative estimate of drug-likeness (QED) is 0.172. The van der Waals surface area contributed by atoms with E-state index in [-0.39, 0.29) is 5.82 Å². The first-order chi connectivity index (χ1) is 17.2. The zero-order valence-electron chi connectivity index (χ0n) is 21.0. The molecule has 0 bridgehead atoms. The predicted molar refractivity (Wildman–Crippen MR) is 148 cm³/mol. The molecule has 0 radical (unpaired) electrons. The second-order valence-electron chi connectivity index (χ2n) is 9.42. The molecule has 35 heavy (non-hydrogen) atoms. The molecule has 4 aromatic carbocycles. The molecule has 0 fully saturated rings. The molecule has 0 aliphatic carbocycles. The van der Waals surface area contributed by atoms with Crippen molar-refractivity contribution in [3.63, 3.8) is 0 Å². The molecule has 4 aromatic rings. The van der Waals surface area contributed by atoms with E-state index in [2.05, 4.69) is 74.2 Å². The van der Waals surface area contributed by atoms with Crippen molar-refractivity contribution in [2.75, 3.05) is 0 Å². The molecule has 1 heteroatoms. The zero-order valence-corrected chi connectivity index (χ0v) is 21.0. The molecule has 0 saturated carbocycles. The minimum Gasteiger partial charge on any atom is -0.205 e. The molecule has 0 saturated heterocycles. The van der Waals surface area contributed by atoms with Crippen LogP contribution < -0.4 is 0 Å². The van der Waals surface area contributed by atoms with Crippen molar-refractivity contribution >= 4 is 10.8 Å². The number of unbranched alkanes of at least 4 members (excludes halogenated alkanes) is 4. The van der Waals surface area contributed by atoms with Gasteiger partial charge in [-0.25, -0.2) is 4.39 Å². The molecule has 0 aliphatic heterocycles. The average molecular weight is 463 g/mol. The molecule has 0 aliphatic rings. The lowest BCUT2D eigenvalue weighted by atomic mass is 10.00. The van der Waals surface area contributed by atoms with E-state index in [1.54, 1.807) is 6.07 Å². The van der Waals surface area contributed by atoms with Crippen LogP contribution in [0.2, 0.25) is 0 Å². The molecule has 0 nitrogen and oxygen atoms in total. The summed E-state index contributed by atoms with van der Waals surface area (Å²) in [6.45, 7) is 4.45. The molecule has 0 heterocycles.